The molecule has 7 aromatic rings. The largest absolute Gasteiger partial charge is 0.394 e. The standard InChI is InChI=1S/C12H8.C10H8.C9H8.C8H6.C6H6.C4H4.6Y/c1-3-7-11(8-4-1)12-9-5-2-6-10-12;1-2-6-10-8-4-3-7-9(10)5-1;1-2-5-9-7-3-6-8(9)4-1;1-7-5-3-4-6-8(7)2;1-2-4-6-5-3-1;1-3-4-2;;;;;;/h1-7,9H;1-8H;1-6H,7H2;1-6H;1-6H;1-4H;;;;;;/q-2;;;-2;;-2;;;;;;. The van der Waals surface area contributed by atoms with E-state index in [0.717, 1.165) is 17.5 Å². The minimum absolute atomic E-state index is 0. The van der Waals surface area contributed by atoms with Gasteiger partial charge in [-0.05, 0) is 28.3 Å². The SMILES string of the molecule is C1=Cc2ccccc2C1.[CH-]=CC=[CH-].[CH-]=c1ccccc1=[CH-].[Y].[Y].[Y].[Y].[Y].[Y].[c-]1ccccc1-c1[c-]cccc1.c1ccc2ccccc2c1.c1ccccc1. The molecule has 6 radical (unpaired) electrons. The number of benzene rings is 7. The van der Waals surface area contributed by atoms with E-state index < -0.39 is 0 Å². The van der Waals surface area contributed by atoms with Crippen molar-refractivity contribution in [2.45, 2.75) is 6.42 Å². The Kier molecular flexibility index (Phi) is 46.4. The molecular formula is C49H40Y6-6. The first-order valence-electron chi connectivity index (χ1n) is 15.9. The third-order valence-electron chi connectivity index (χ3n) is 6.83. The molecule has 0 N–H and O–H groups in total. The van der Waals surface area contributed by atoms with E-state index in [4.69, 9.17) is 26.3 Å². The number of hydrogen-bond acceptors (Lipinski definition) is 0. The van der Waals surface area contributed by atoms with Crippen molar-refractivity contribution in [2.24, 2.45) is 0 Å². The van der Waals surface area contributed by atoms with Crippen molar-refractivity contribution in [3.05, 3.63) is 247 Å². The Hall–Kier alpha value is 0.383. The maximum Gasteiger partial charge on any atom is 0 e. The van der Waals surface area contributed by atoms with Gasteiger partial charge in [0.1, 0.15) is 0 Å². The van der Waals surface area contributed by atoms with Crippen LogP contribution < -0.4 is 10.4 Å². The van der Waals surface area contributed by atoms with Gasteiger partial charge in [-0.2, -0.15) is 48.5 Å². The zero-order valence-corrected chi connectivity index (χ0v) is 48.1. The van der Waals surface area contributed by atoms with Gasteiger partial charge in [0.15, 0.2) is 0 Å². The van der Waals surface area contributed by atoms with Crippen LogP contribution in [0.15, 0.2) is 200 Å². The van der Waals surface area contributed by atoms with Gasteiger partial charge in [0, 0.05) is 196 Å². The summed E-state index contributed by atoms with van der Waals surface area (Å²) < 4.78 is 0. The minimum Gasteiger partial charge on any atom is -0.394 e. The Morgan fingerprint density at radius 3 is 1.07 bits per heavy atom. The molecule has 0 aliphatic heterocycles. The van der Waals surface area contributed by atoms with Crippen molar-refractivity contribution in [3.8, 4) is 11.1 Å². The molecule has 8 rings (SSSR count). The second kappa shape index (κ2) is 41.1. The third-order valence-corrected chi connectivity index (χ3v) is 6.83. The van der Waals surface area contributed by atoms with Crippen molar-refractivity contribution < 1.29 is 196 Å². The molecule has 0 amide bonds. The predicted octanol–water partition coefficient (Wildman–Crippen LogP) is 10.9. The van der Waals surface area contributed by atoms with Crippen LogP contribution in [0, 0.1) is 25.3 Å². The van der Waals surface area contributed by atoms with Gasteiger partial charge in [0.25, 0.3) is 0 Å². The van der Waals surface area contributed by atoms with E-state index in [1.165, 1.54) is 34.1 Å². The normalized spacial score (nSPS) is 8.73. The predicted molar refractivity (Wildman–Crippen MR) is 211 cm³/mol. The monoisotopic (exact) mass is 1160 g/mol. The summed E-state index contributed by atoms with van der Waals surface area (Å²) >= 11 is 0. The number of fused-ring (bicyclic) bond motifs is 2. The quantitative estimate of drug-likeness (QED) is 0.120. The second-order valence-electron chi connectivity index (χ2n) is 10.4. The molecule has 55 heavy (non-hydrogen) atoms. The molecular weight excluding hydrogens is 1120 g/mol. The average Bonchev–Trinajstić information content (AvgIpc) is 3.68. The fraction of sp³-hybridized carbons (Fsp3) is 0.0204. The summed E-state index contributed by atoms with van der Waals surface area (Å²) in [4.78, 5) is 0. The van der Waals surface area contributed by atoms with Gasteiger partial charge in [-0.3, -0.25) is 13.2 Å². The Morgan fingerprint density at radius 1 is 0.400 bits per heavy atom. The molecule has 0 saturated carbocycles. The van der Waals surface area contributed by atoms with Crippen LogP contribution in [-0.2, 0) is 203 Å². The van der Waals surface area contributed by atoms with Crippen LogP contribution in [0.4, 0.5) is 0 Å². The van der Waals surface area contributed by atoms with Crippen LogP contribution in [0.3, 0.4) is 0 Å². The van der Waals surface area contributed by atoms with Crippen LogP contribution in [0.2, 0.25) is 0 Å². The molecule has 0 fully saturated rings. The van der Waals surface area contributed by atoms with Gasteiger partial charge >= 0.3 is 0 Å². The molecule has 0 unspecified atom stereocenters. The fourth-order valence-corrected chi connectivity index (χ4v) is 4.35. The average molecular weight is 1160 g/mol. The van der Waals surface area contributed by atoms with Crippen LogP contribution in [0.25, 0.3) is 41.1 Å². The molecule has 6 heteroatoms. The van der Waals surface area contributed by atoms with Crippen molar-refractivity contribution in [1.29, 1.82) is 0 Å². The van der Waals surface area contributed by atoms with Gasteiger partial charge < -0.3 is 35.7 Å². The fourth-order valence-electron chi connectivity index (χ4n) is 4.35. The molecule has 0 heterocycles. The first kappa shape index (κ1) is 62.0. The molecule has 0 nitrogen and oxygen atoms in total. The van der Waals surface area contributed by atoms with E-state index >= 15 is 0 Å². The zero-order chi connectivity index (χ0) is 34.8. The van der Waals surface area contributed by atoms with Gasteiger partial charge in [0.05, 0.1) is 0 Å². The summed E-state index contributed by atoms with van der Waals surface area (Å²) in [6, 6.07) is 66.6. The number of rotatable bonds is 2. The molecule has 1 aliphatic rings. The first-order valence-corrected chi connectivity index (χ1v) is 15.9. The van der Waals surface area contributed by atoms with E-state index in [9.17, 15) is 0 Å². The molecule has 260 valence electrons. The van der Waals surface area contributed by atoms with Crippen LogP contribution in [-0.4, -0.2) is 0 Å². The van der Waals surface area contributed by atoms with Crippen LogP contribution in [0.5, 0.6) is 0 Å². The summed E-state index contributed by atoms with van der Waals surface area (Å²) in [6.07, 6.45) is 8.05. The first-order chi connectivity index (χ1) is 24.1. The summed E-state index contributed by atoms with van der Waals surface area (Å²) in [5, 5.41) is 3.91. The molecule has 0 spiro atoms. The van der Waals surface area contributed by atoms with Gasteiger partial charge in [0.2, 0.25) is 0 Å². The molecule has 0 saturated heterocycles. The van der Waals surface area contributed by atoms with Crippen molar-refractivity contribution in [2.75, 3.05) is 0 Å². The van der Waals surface area contributed by atoms with Crippen LogP contribution >= 0.6 is 0 Å². The zero-order valence-electron chi connectivity index (χ0n) is 31.1. The Labute approximate surface area is 482 Å². The molecule has 0 bridgehead atoms. The number of hydrogen-bond donors (Lipinski definition) is 0. The van der Waals surface area contributed by atoms with E-state index in [-0.39, 0.29) is 196 Å². The maximum atomic E-state index is 5.39. The summed E-state index contributed by atoms with van der Waals surface area (Å²) in [5.41, 5.74) is 5.03. The van der Waals surface area contributed by atoms with E-state index in [1.807, 2.05) is 97.1 Å². The molecule has 1 aliphatic carbocycles. The van der Waals surface area contributed by atoms with E-state index in [2.05, 4.69) is 97.1 Å². The molecule has 7 aromatic carbocycles. The second-order valence-corrected chi connectivity index (χ2v) is 10.4. The smallest absolute Gasteiger partial charge is 0 e. The number of allylic oxidation sites excluding steroid dienone is 3. The van der Waals surface area contributed by atoms with Gasteiger partial charge in [-0.25, -0.2) is 23.3 Å². The van der Waals surface area contributed by atoms with Crippen molar-refractivity contribution in [1.82, 2.24) is 0 Å². The minimum atomic E-state index is 0. The van der Waals surface area contributed by atoms with Crippen molar-refractivity contribution in [3.63, 3.8) is 0 Å². The Bertz CT molecular complexity index is 1900. The van der Waals surface area contributed by atoms with E-state index in [0.29, 0.717) is 10.4 Å². The van der Waals surface area contributed by atoms with Crippen molar-refractivity contribution >= 4 is 30.0 Å². The van der Waals surface area contributed by atoms with Gasteiger partial charge in [-0.1, -0.05) is 121 Å². The molecule has 0 atom stereocenters. The molecule has 0 aromatic heterocycles. The Morgan fingerprint density at radius 2 is 0.745 bits per heavy atom. The summed E-state index contributed by atoms with van der Waals surface area (Å²) in [5.74, 6) is 0. The maximum absolute atomic E-state index is 5.39. The third kappa shape index (κ3) is 27.7. The topological polar surface area (TPSA) is 0 Å². The van der Waals surface area contributed by atoms with Crippen LogP contribution in [0.1, 0.15) is 11.1 Å². The van der Waals surface area contributed by atoms with Gasteiger partial charge in [-0.15, -0.1) is 24.3 Å². The van der Waals surface area contributed by atoms with E-state index in [1.54, 1.807) is 12.1 Å². The Balaban J connectivity index is -0.000000284. The summed E-state index contributed by atoms with van der Waals surface area (Å²) in [7, 11) is 0. The summed E-state index contributed by atoms with van der Waals surface area (Å²) in [6.45, 7) is 20.2.